The molecule has 0 radical (unpaired) electrons. The van der Waals surface area contributed by atoms with E-state index in [2.05, 4.69) is 12.1 Å². The molecule has 0 saturated carbocycles. The van der Waals surface area contributed by atoms with Gasteiger partial charge in [-0.15, -0.1) is 0 Å². The first-order chi connectivity index (χ1) is 43.5. The molecule has 2 aromatic heterocycles. The second kappa shape index (κ2) is 22.0. The van der Waals surface area contributed by atoms with E-state index in [1.807, 2.05) is 65.4 Å². The van der Waals surface area contributed by atoms with Crippen molar-refractivity contribution in [1.82, 2.24) is 9.13 Å². The predicted octanol–water partition coefficient (Wildman–Crippen LogP) is 23.7. The highest BCUT2D eigenvalue weighted by Crippen LogP contribution is 2.48. The summed E-state index contributed by atoms with van der Waals surface area (Å²) >= 11 is 0. The molecule has 0 unspecified atom stereocenters. The van der Waals surface area contributed by atoms with Crippen LogP contribution in [0.1, 0.15) is 61.2 Å². The zero-order valence-corrected chi connectivity index (χ0v) is 49.9. The van der Waals surface area contributed by atoms with Crippen molar-refractivity contribution in [2.75, 3.05) is 0 Å². The Morgan fingerprint density at radius 2 is 0.620 bits per heavy atom. The van der Waals surface area contributed by atoms with E-state index in [1.54, 1.807) is 119 Å². The third-order valence-electron chi connectivity index (χ3n) is 17.4. The zero-order valence-electron chi connectivity index (χ0n) is 49.9. The average molecular weight is 1250 g/mol. The maximum Gasteiger partial charge on any atom is 0.417 e. The Kier molecular flexibility index (Phi) is 14.5. The van der Waals surface area contributed by atoms with Crippen molar-refractivity contribution in [3.63, 3.8) is 0 Å². The summed E-state index contributed by atoms with van der Waals surface area (Å²) in [6.45, 7) is 10.3. The first-order valence-corrected chi connectivity index (χ1v) is 29.2. The number of aromatic nitrogens is 2. The molecule has 13 aromatic rings. The number of nitriles is 1. The summed E-state index contributed by atoms with van der Waals surface area (Å²) < 4.78 is 178. The predicted molar refractivity (Wildman–Crippen MR) is 341 cm³/mol. The molecule has 11 aromatic carbocycles. The maximum absolute atomic E-state index is 15.0. The minimum absolute atomic E-state index is 0.0686. The SMILES string of the molecule is Cc1ccc(-c2ccc(-n3c4ccc(-c5ccc(C(F)(F)F)cc5C)cc4c4cc(-c5ccc(C)cc5C(F)(F)F)ccc43)c(-c3ccc(C#N)cc3-n3c4ccc(-c5ccc(C(F)(F)F)cc5C)cc4c4cc(-c5ccc(C)cc5C(F)(F)F)ccc43)c2)c(C)c1. The molecule has 0 bridgehead atoms. The number of hydrogen-bond acceptors (Lipinski definition) is 1. The third kappa shape index (κ3) is 10.7. The third-order valence-corrected chi connectivity index (χ3v) is 17.4. The fraction of sp³-hybridized carbons (Fsp3) is 0.130. The Bertz CT molecular complexity index is 5250. The Morgan fingerprint density at radius 3 is 1.00 bits per heavy atom. The quantitative estimate of drug-likeness (QED) is 0.140. The highest BCUT2D eigenvalue weighted by Gasteiger charge is 2.37. The number of rotatable bonds is 8. The monoisotopic (exact) mass is 1250 g/mol. The molecule has 0 saturated heterocycles. The van der Waals surface area contributed by atoms with Crippen molar-refractivity contribution in [2.24, 2.45) is 0 Å². The molecular formula is C77H51F12N3. The second-order valence-electron chi connectivity index (χ2n) is 23.6. The van der Waals surface area contributed by atoms with Crippen LogP contribution in [-0.2, 0) is 24.7 Å². The van der Waals surface area contributed by atoms with Crippen molar-refractivity contribution in [3.05, 3.63) is 261 Å². The molecule has 0 spiro atoms. The van der Waals surface area contributed by atoms with Crippen LogP contribution in [0.25, 0.3) is 122 Å². The molecule has 13 rings (SSSR count). The van der Waals surface area contributed by atoms with Crippen LogP contribution in [0.5, 0.6) is 0 Å². The number of halogens is 12. The van der Waals surface area contributed by atoms with Crippen LogP contribution < -0.4 is 0 Å². The average Bonchev–Trinajstić information content (AvgIpc) is 1.56. The van der Waals surface area contributed by atoms with E-state index in [1.165, 1.54) is 24.3 Å². The van der Waals surface area contributed by atoms with Crippen molar-refractivity contribution in [3.8, 4) is 84.2 Å². The van der Waals surface area contributed by atoms with Gasteiger partial charge in [-0.25, -0.2) is 0 Å². The van der Waals surface area contributed by atoms with E-state index in [4.69, 9.17) is 0 Å². The molecule has 0 aliphatic heterocycles. The summed E-state index contributed by atoms with van der Waals surface area (Å²) in [6.07, 6.45) is -18.7. The molecule has 0 fully saturated rings. The van der Waals surface area contributed by atoms with Crippen molar-refractivity contribution < 1.29 is 52.7 Å². The van der Waals surface area contributed by atoms with Crippen LogP contribution >= 0.6 is 0 Å². The largest absolute Gasteiger partial charge is 0.417 e. The second-order valence-corrected chi connectivity index (χ2v) is 23.6. The number of alkyl halides is 12. The van der Waals surface area contributed by atoms with Gasteiger partial charge in [0.2, 0.25) is 0 Å². The molecule has 0 aliphatic rings. The van der Waals surface area contributed by atoms with Gasteiger partial charge in [-0.05, 0) is 223 Å². The van der Waals surface area contributed by atoms with E-state index in [0.29, 0.717) is 111 Å². The lowest BCUT2D eigenvalue weighted by molar-refractivity contribution is -0.138. The number of aryl methyl sites for hydroxylation is 6. The van der Waals surface area contributed by atoms with Crippen LogP contribution in [0.2, 0.25) is 0 Å². The van der Waals surface area contributed by atoms with Crippen molar-refractivity contribution >= 4 is 43.6 Å². The Labute approximate surface area is 520 Å². The molecule has 0 amide bonds. The first kappa shape index (κ1) is 60.6. The maximum atomic E-state index is 15.0. The highest BCUT2D eigenvalue weighted by atomic mass is 19.4. The van der Waals surface area contributed by atoms with Gasteiger partial charge in [-0.1, -0.05) is 108 Å². The minimum Gasteiger partial charge on any atom is -0.309 e. The fourth-order valence-electron chi connectivity index (χ4n) is 13.1. The lowest BCUT2D eigenvalue weighted by atomic mass is 9.92. The fourth-order valence-corrected chi connectivity index (χ4v) is 13.1. The van der Waals surface area contributed by atoms with Gasteiger partial charge in [0.05, 0.1) is 67.3 Å². The van der Waals surface area contributed by atoms with Crippen LogP contribution in [0.3, 0.4) is 0 Å². The topological polar surface area (TPSA) is 33.6 Å². The van der Waals surface area contributed by atoms with Crippen molar-refractivity contribution in [1.29, 1.82) is 5.26 Å². The van der Waals surface area contributed by atoms with Gasteiger partial charge in [-0.3, -0.25) is 0 Å². The normalized spacial score (nSPS) is 12.4. The molecule has 0 N–H and O–H groups in total. The lowest BCUT2D eigenvalue weighted by Gasteiger charge is -2.21. The van der Waals surface area contributed by atoms with E-state index in [0.717, 1.165) is 58.7 Å². The van der Waals surface area contributed by atoms with Crippen LogP contribution in [0.4, 0.5) is 52.7 Å². The van der Waals surface area contributed by atoms with Gasteiger partial charge in [0.1, 0.15) is 0 Å². The van der Waals surface area contributed by atoms with E-state index in [-0.39, 0.29) is 27.8 Å². The summed E-state index contributed by atoms with van der Waals surface area (Å²) in [5.74, 6) is 0. The number of hydrogen-bond donors (Lipinski definition) is 0. The van der Waals surface area contributed by atoms with Gasteiger partial charge < -0.3 is 9.13 Å². The number of fused-ring (bicyclic) bond motifs is 6. The highest BCUT2D eigenvalue weighted by molar-refractivity contribution is 6.14. The van der Waals surface area contributed by atoms with Crippen LogP contribution in [0, 0.1) is 52.9 Å². The van der Waals surface area contributed by atoms with Gasteiger partial charge in [0.25, 0.3) is 0 Å². The Hall–Kier alpha value is -10.3. The van der Waals surface area contributed by atoms with Gasteiger partial charge in [0.15, 0.2) is 0 Å². The first-order valence-electron chi connectivity index (χ1n) is 29.2. The van der Waals surface area contributed by atoms with E-state index >= 15 is 0 Å². The molecular weight excluding hydrogens is 1190 g/mol. The van der Waals surface area contributed by atoms with E-state index in [9.17, 15) is 57.9 Å². The molecule has 0 aliphatic carbocycles. The standard InChI is InChI=1S/C77H51F12N3/c1-41-7-18-55(44(4)29-41)48-11-24-68(91-69-25-12-49(56-22-16-53(32-45(56)5)74(78,79)80)36-62(69)64-38-51(14-27-70(64)91)58-19-8-42(2)30-66(58)76(84,85)86)61(35-48)60-21-10-47(40-90)34-73(60)92-71-26-13-50(57-23-17-54(33-46(57)6)75(81,82)83)37-63(71)65-39-52(15-28-72(65)92)59-20-9-43(3)31-67(59)77(87,88)89/h7-39H,1-6H3. The summed E-state index contributed by atoms with van der Waals surface area (Å²) in [7, 11) is 0. The molecule has 15 heteroatoms. The van der Waals surface area contributed by atoms with Gasteiger partial charge >= 0.3 is 24.7 Å². The van der Waals surface area contributed by atoms with Crippen molar-refractivity contribution in [2.45, 2.75) is 66.2 Å². The van der Waals surface area contributed by atoms with E-state index < -0.39 is 47.0 Å². The summed E-state index contributed by atoms with van der Waals surface area (Å²) in [5, 5.41) is 12.9. The molecule has 3 nitrogen and oxygen atoms in total. The van der Waals surface area contributed by atoms with Crippen LogP contribution in [-0.4, -0.2) is 9.13 Å². The summed E-state index contributed by atoms with van der Waals surface area (Å²) in [4.78, 5) is 0. The molecule has 2 heterocycles. The smallest absolute Gasteiger partial charge is 0.309 e. The molecule has 0 atom stereocenters. The van der Waals surface area contributed by atoms with Gasteiger partial charge in [0, 0.05) is 32.7 Å². The summed E-state index contributed by atoms with van der Waals surface area (Å²) in [6, 6.07) is 55.4. The molecule has 92 heavy (non-hydrogen) atoms. The van der Waals surface area contributed by atoms with Gasteiger partial charge in [-0.2, -0.15) is 57.9 Å². The number of benzene rings is 11. The van der Waals surface area contributed by atoms with Crippen LogP contribution in [0.15, 0.2) is 200 Å². The summed E-state index contributed by atoms with van der Waals surface area (Å²) in [5.41, 5.74) is 8.63. The lowest BCUT2D eigenvalue weighted by Crippen LogP contribution is -2.07. The minimum atomic E-state index is -4.74. The molecule has 458 valence electrons. The number of nitrogens with zero attached hydrogens (tertiary/aromatic N) is 3. The Morgan fingerprint density at radius 1 is 0.283 bits per heavy atom. The zero-order chi connectivity index (χ0) is 65.2. The Balaban J connectivity index is 1.12.